The number of nitrogens with zero attached hydrogens (tertiary/aromatic N) is 1. The third-order valence-corrected chi connectivity index (χ3v) is 2.75. The van der Waals surface area contributed by atoms with Crippen LogP contribution in [0.25, 0.3) is 0 Å². The molecule has 96 valence electrons. The fourth-order valence-corrected chi connectivity index (χ4v) is 1.09. The van der Waals surface area contributed by atoms with Gasteiger partial charge in [-0.05, 0) is 20.3 Å². The molecule has 4 heteroatoms. The zero-order chi connectivity index (χ0) is 10.2. The van der Waals surface area contributed by atoms with Crippen LogP contribution in [0.1, 0.15) is 27.7 Å². The molecule has 0 fully saturated rings. The van der Waals surface area contributed by atoms with E-state index in [-0.39, 0.29) is 26.4 Å². The molecule has 0 atom stereocenters. The van der Waals surface area contributed by atoms with Crippen molar-refractivity contribution in [3.05, 3.63) is 0 Å². The first-order valence-electron chi connectivity index (χ1n) is 5.20. The molecule has 0 unspecified atom stereocenters. The highest BCUT2D eigenvalue weighted by atomic mass is 35.5. The Hall–Kier alpha value is 0.170. The van der Waals surface area contributed by atoms with Crippen LogP contribution in [0.3, 0.4) is 0 Å². The van der Waals surface area contributed by atoms with Crippen molar-refractivity contribution in [1.29, 1.82) is 0 Å². The molecule has 0 aliphatic carbocycles. The van der Waals surface area contributed by atoms with Gasteiger partial charge in [0.05, 0.1) is 26.7 Å². The highest BCUT2D eigenvalue weighted by Crippen LogP contribution is 2.00. The molecule has 15 heavy (non-hydrogen) atoms. The van der Waals surface area contributed by atoms with E-state index in [4.69, 9.17) is 9.84 Å². The van der Waals surface area contributed by atoms with Crippen LogP contribution in [-0.4, -0.2) is 56.1 Å². The normalized spacial score (nSPS) is 10.4. The molecule has 0 aliphatic rings. The number of quaternary nitrogens is 1. The van der Waals surface area contributed by atoms with Crippen LogP contribution >= 0.6 is 0 Å². The Labute approximate surface area is 101 Å². The number of halogens is 1. The topological polar surface area (TPSA) is 29.5 Å². The highest BCUT2D eigenvalue weighted by molar-refractivity contribution is 4.36. The van der Waals surface area contributed by atoms with Crippen LogP contribution in [0.2, 0.25) is 0 Å². The van der Waals surface area contributed by atoms with Gasteiger partial charge in [-0.3, -0.25) is 0 Å². The monoisotopic (exact) mass is 241 g/mol. The molecule has 3 nitrogen and oxygen atoms in total. The smallest absolute Gasteiger partial charge is 0.102 e. The molecule has 0 radical (unpaired) electrons. The summed E-state index contributed by atoms with van der Waals surface area (Å²) in [6.45, 7) is 9.50. The van der Waals surface area contributed by atoms with Crippen molar-refractivity contribution in [3.63, 3.8) is 0 Å². The summed E-state index contributed by atoms with van der Waals surface area (Å²) in [6.07, 6.45) is 0.752. The molecule has 0 rings (SSSR count). The van der Waals surface area contributed by atoms with Gasteiger partial charge in [-0.1, -0.05) is 7.43 Å². The molecule has 0 spiro atoms. The highest BCUT2D eigenvalue weighted by Gasteiger charge is 2.14. The van der Waals surface area contributed by atoms with E-state index in [1.807, 2.05) is 0 Å². The molecule has 0 aliphatic heterocycles. The van der Waals surface area contributed by atoms with Crippen molar-refractivity contribution in [2.45, 2.75) is 27.7 Å². The fraction of sp³-hybridized carbons (Fsp3) is 1.00. The molecule has 0 aromatic rings. The molecule has 0 saturated heterocycles. The van der Waals surface area contributed by atoms with E-state index in [1.54, 1.807) is 0 Å². The molecular weight excluding hydrogens is 214 g/mol. The van der Waals surface area contributed by atoms with Gasteiger partial charge in [-0.15, -0.1) is 0 Å². The van der Waals surface area contributed by atoms with Crippen molar-refractivity contribution < 1.29 is 26.7 Å². The lowest BCUT2D eigenvalue weighted by Gasteiger charge is -2.31. The quantitative estimate of drug-likeness (QED) is 0.415. The number of likely N-dealkylation sites (N-methyl/N-ethyl adjacent to an activating group) is 1. The molecule has 1 N–H and O–H groups in total. The van der Waals surface area contributed by atoms with E-state index in [1.165, 1.54) is 0 Å². The van der Waals surface area contributed by atoms with Gasteiger partial charge < -0.3 is 26.7 Å². The standard InChI is InChI=1S/C10H24NO2.CH4.ClH/c1-4-11(3,5-2)7-10-13-9-6-8-12;;/h12H,4-10H2,1-3H3;1H4;1H/q+1;;/p-1. The van der Waals surface area contributed by atoms with Crippen LogP contribution in [0.5, 0.6) is 0 Å². The first-order chi connectivity index (χ1) is 6.18. The Bertz CT molecular complexity index is 119. The van der Waals surface area contributed by atoms with Crippen molar-refractivity contribution in [2.75, 3.05) is 46.5 Å². The van der Waals surface area contributed by atoms with E-state index in [9.17, 15) is 0 Å². The Morgan fingerprint density at radius 1 is 1.13 bits per heavy atom. The van der Waals surface area contributed by atoms with Gasteiger partial charge in [0.15, 0.2) is 0 Å². The van der Waals surface area contributed by atoms with E-state index in [0.717, 1.165) is 37.1 Å². The zero-order valence-electron chi connectivity index (χ0n) is 9.63. The molecule has 0 aromatic heterocycles. The van der Waals surface area contributed by atoms with E-state index < -0.39 is 0 Å². The largest absolute Gasteiger partial charge is 1.00 e. The third kappa shape index (κ3) is 10.5. The molecule has 0 bridgehead atoms. The van der Waals surface area contributed by atoms with Crippen LogP contribution in [0, 0.1) is 0 Å². The Balaban J connectivity index is -0.000000720. The maximum atomic E-state index is 8.53. The minimum absolute atomic E-state index is 0. The molecular formula is C11H28ClNO2. The van der Waals surface area contributed by atoms with E-state index >= 15 is 0 Å². The average molecular weight is 242 g/mol. The predicted molar refractivity (Wildman–Crippen MR) is 61.4 cm³/mol. The maximum Gasteiger partial charge on any atom is 0.102 e. The van der Waals surface area contributed by atoms with Crippen molar-refractivity contribution >= 4 is 0 Å². The van der Waals surface area contributed by atoms with Gasteiger partial charge in [0.25, 0.3) is 0 Å². The minimum Gasteiger partial charge on any atom is -1.00 e. The summed E-state index contributed by atoms with van der Waals surface area (Å²) in [5.74, 6) is 0. The number of hydrogen-bond acceptors (Lipinski definition) is 2. The number of aliphatic hydroxyl groups is 1. The molecule has 0 heterocycles. The van der Waals surface area contributed by atoms with Crippen molar-refractivity contribution in [3.8, 4) is 0 Å². The third-order valence-electron chi connectivity index (χ3n) is 2.75. The summed E-state index contributed by atoms with van der Waals surface area (Å²) >= 11 is 0. The summed E-state index contributed by atoms with van der Waals surface area (Å²) in [5, 5.41) is 8.53. The van der Waals surface area contributed by atoms with Crippen LogP contribution < -0.4 is 12.4 Å². The lowest BCUT2D eigenvalue weighted by molar-refractivity contribution is -0.906. The predicted octanol–water partition coefficient (Wildman–Crippen LogP) is -1.49. The summed E-state index contributed by atoms with van der Waals surface area (Å²) in [7, 11) is 2.25. The van der Waals surface area contributed by atoms with Crippen molar-refractivity contribution in [2.24, 2.45) is 0 Å². The SMILES string of the molecule is C.CC[N+](C)(CC)CCOCCCO.[Cl-]. The second-order valence-corrected chi connectivity index (χ2v) is 3.67. The zero-order valence-corrected chi connectivity index (χ0v) is 10.4. The van der Waals surface area contributed by atoms with Crippen LogP contribution in [-0.2, 0) is 4.74 Å². The minimum atomic E-state index is 0. The fourth-order valence-electron chi connectivity index (χ4n) is 1.09. The lowest BCUT2D eigenvalue weighted by Crippen LogP contribution is -3.00. The van der Waals surface area contributed by atoms with Gasteiger partial charge in [-0.2, -0.15) is 0 Å². The van der Waals surface area contributed by atoms with Crippen molar-refractivity contribution in [1.82, 2.24) is 0 Å². The first-order valence-corrected chi connectivity index (χ1v) is 5.20. The maximum absolute atomic E-state index is 8.53. The van der Waals surface area contributed by atoms with E-state index in [0.29, 0.717) is 6.61 Å². The summed E-state index contributed by atoms with van der Waals surface area (Å²) < 4.78 is 6.47. The molecule has 0 amide bonds. The second-order valence-electron chi connectivity index (χ2n) is 3.67. The molecule has 0 aromatic carbocycles. The number of ether oxygens (including phenoxy) is 1. The van der Waals surface area contributed by atoms with Gasteiger partial charge in [0.2, 0.25) is 0 Å². The van der Waals surface area contributed by atoms with Gasteiger partial charge in [-0.25, -0.2) is 0 Å². The van der Waals surface area contributed by atoms with Gasteiger partial charge in [0.1, 0.15) is 6.54 Å². The molecule has 0 saturated carbocycles. The number of aliphatic hydroxyl groups excluding tert-OH is 1. The summed E-state index contributed by atoms with van der Waals surface area (Å²) in [6, 6.07) is 0. The van der Waals surface area contributed by atoms with Gasteiger partial charge >= 0.3 is 0 Å². The van der Waals surface area contributed by atoms with Crippen LogP contribution in [0.4, 0.5) is 0 Å². The average Bonchev–Trinajstić information content (AvgIpc) is 2.17. The number of hydrogen-bond donors (Lipinski definition) is 1. The first kappa shape index (κ1) is 20.6. The Morgan fingerprint density at radius 3 is 2.07 bits per heavy atom. The summed E-state index contributed by atoms with van der Waals surface area (Å²) in [5.41, 5.74) is 0. The Morgan fingerprint density at radius 2 is 1.67 bits per heavy atom. The lowest BCUT2D eigenvalue weighted by atomic mass is 10.4. The number of rotatable bonds is 8. The second kappa shape index (κ2) is 12.2. The van der Waals surface area contributed by atoms with E-state index in [2.05, 4.69) is 20.9 Å². The van der Waals surface area contributed by atoms with Gasteiger partial charge in [0, 0.05) is 13.2 Å². The van der Waals surface area contributed by atoms with Crippen LogP contribution in [0.15, 0.2) is 0 Å². The Kier molecular flexibility index (Phi) is 16.8. The summed E-state index contributed by atoms with van der Waals surface area (Å²) in [4.78, 5) is 0.